The Balaban J connectivity index is 1.86. The number of aliphatic imine (C=N–C) groups is 1. The number of para-hydroxylation sites is 1. The van der Waals surface area contributed by atoms with Crippen molar-refractivity contribution in [2.75, 3.05) is 19.1 Å². The van der Waals surface area contributed by atoms with Crippen LogP contribution in [0.4, 0.5) is 0 Å². The van der Waals surface area contributed by atoms with Gasteiger partial charge in [0.2, 0.25) is 0 Å². The van der Waals surface area contributed by atoms with Crippen molar-refractivity contribution in [2.24, 2.45) is 4.99 Å². The summed E-state index contributed by atoms with van der Waals surface area (Å²) in [6.07, 6.45) is 5.55. The fraction of sp³-hybridized carbons (Fsp3) is 0.412. The molecule has 2 aromatic rings. The lowest BCUT2D eigenvalue weighted by Crippen LogP contribution is -2.42. The highest BCUT2D eigenvalue weighted by atomic mass is 32.2. The molecule has 0 fully saturated rings. The Morgan fingerprint density at radius 2 is 2.04 bits per heavy atom. The third kappa shape index (κ3) is 6.58. The summed E-state index contributed by atoms with van der Waals surface area (Å²) in [5.74, 6) is 0.788. The van der Waals surface area contributed by atoms with Gasteiger partial charge < -0.3 is 10.6 Å². The van der Waals surface area contributed by atoms with E-state index < -0.39 is 9.84 Å². The third-order valence-electron chi connectivity index (χ3n) is 3.65. The van der Waals surface area contributed by atoms with Crippen LogP contribution in [0, 0.1) is 0 Å². The van der Waals surface area contributed by atoms with Crippen molar-refractivity contribution in [3.63, 3.8) is 0 Å². The first-order valence-electron chi connectivity index (χ1n) is 8.11. The van der Waals surface area contributed by atoms with Crippen molar-refractivity contribution in [1.82, 2.24) is 20.4 Å². The molecule has 0 aliphatic heterocycles. The van der Waals surface area contributed by atoms with E-state index in [-0.39, 0.29) is 11.8 Å². The molecule has 1 aromatic heterocycles. The maximum atomic E-state index is 11.2. The Morgan fingerprint density at radius 3 is 2.68 bits per heavy atom. The standard InChI is InChI=1S/C17H25N5O2S/c1-14(9-10-25(3,23)24)21-17(18-2)19-11-15-12-20-22(13-15)16-7-5-4-6-8-16/h4-8,12-14H,9-11H2,1-3H3,(H2,18,19,21). The number of guanidine groups is 1. The van der Waals surface area contributed by atoms with Crippen LogP contribution in [0.25, 0.3) is 5.69 Å². The average molecular weight is 363 g/mol. The first-order chi connectivity index (χ1) is 11.9. The Kier molecular flexibility index (Phi) is 6.58. The summed E-state index contributed by atoms with van der Waals surface area (Å²) in [6, 6.07) is 9.91. The highest BCUT2D eigenvalue weighted by Gasteiger charge is 2.10. The number of benzene rings is 1. The molecule has 0 bridgehead atoms. The molecule has 8 heteroatoms. The van der Waals surface area contributed by atoms with Crippen LogP contribution in [0.3, 0.4) is 0 Å². The number of hydrogen-bond donors (Lipinski definition) is 2. The molecule has 2 rings (SSSR count). The monoisotopic (exact) mass is 363 g/mol. The molecular formula is C17H25N5O2S. The van der Waals surface area contributed by atoms with Gasteiger partial charge in [0.05, 0.1) is 17.6 Å². The van der Waals surface area contributed by atoms with Gasteiger partial charge in [-0.15, -0.1) is 0 Å². The van der Waals surface area contributed by atoms with Crippen LogP contribution in [0.2, 0.25) is 0 Å². The summed E-state index contributed by atoms with van der Waals surface area (Å²) >= 11 is 0. The van der Waals surface area contributed by atoms with Crippen molar-refractivity contribution in [1.29, 1.82) is 0 Å². The molecule has 1 aromatic carbocycles. The van der Waals surface area contributed by atoms with Crippen LogP contribution in [0.1, 0.15) is 18.9 Å². The van der Waals surface area contributed by atoms with Gasteiger partial charge in [0.25, 0.3) is 0 Å². The van der Waals surface area contributed by atoms with E-state index in [0.29, 0.717) is 18.9 Å². The number of aromatic nitrogens is 2. The van der Waals surface area contributed by atoms with Gasteiger partial charge in [0.15, 0.2) is 5.96 Å². The van der Waals surface area contributed by atoms with E-state index >= 15 is 0 Å². The number of nitrogens with one attached hydrogen (secondary N) is 2. The molecular weight excluding hydrogens is 338 g/mol. The van der Waals surface area contributed by atoms with Crippen LogP contribution in [0.15, 0.2) is 47.7 Å². The molecule has 25 heavy (non-hydrogen) atoms. The molecule has 0 saturated carbocycles. The minimum Gasteiger partial charge on any atom is -0.354 e. The van der Waals surface area contributed by atoms with Crippen molar-refractivity contribution >= 4 is 15.8 Å². The zero-order valence-electron chi connectivity index (χ0n) is 14.8. The predicted molar refractivity (Wildman–Crippen MR) is 101 cm³/mol. The largest absolute Gasteiger partial charge is 0.354 e. The van der Waals surface area contributed by atoms with Crippen molar-refractivity contribution in [3.05, 3.63) is 48.3 Å². The lowest BCUT2D eigenvalue weighted by molar-refractivity contribution is 0.581. The maximum absolute atomic E-state index is 11.2. The number of rotatable bonds is 7. The average Bonchev–Trinajstić information content (AvgIpc) is 3.06. The second kappa shape index (κ2) is 8.66. The van der Waals surface area contributed by atoms with Crippen molar-refractivity contribution in [3.8, 4) is 5.69 Å². The van der Waals surface area contributed by atoms with Crippen LogP contribution in [0.5, 0.6) is 0 Å². The summed E-state index contributed by atoms with van der Waals surface area (Å²) in [6.45, 7) is 2.51. The molecule has 0 amide bonds. The lowest BCUT2D eigenvalue weighted by atomic mass is 10.3. The normalized spacial score (nSPS) is 13.5. The highest BCUT2D eigenvalue weighted by molar-refractivity contribution is 7.90. The zero-order valence-corrected chi connectivity index (χ0v) is 15.6. The summed E-state index contributed by atoms with van der Waals surface area (Å²) in [7, 11) is -1.27. The van der Waals surface area contributed by atoms with Gasteiger partial charge in [-0.3, -0.25) is 4.99 Å². The molecule has 7 nitrogen and oxygen atoms in total. The number of nitrogens with zero attached hydrogens (tertiary/aromatic N) is 3. The van der Waals surface area contributed by atoms with Gasteiger partial charge in [0, 0.05) is 37.7 Å². The van der Waals surface area contributed by atoms with Gasteiger partial charge in [-0.25, -0.2) is 13.1 Å². The summed E-state index contributed by atoms with van der Waals surface area (Å²) < 4.78 is 24.3. The Bertz CT molecular complexity index is 799. The minimum absolute atomic E-state index is 0.00738. The topological polar surface area (TPSA) is 88.4 Å². The quantitative estimate of drug-likeness (QED) is 0.573. The van der Waals surface area contributed by atoms with Crippen molar-refractivity contribution in [2.45, 2.75) is 25.9 Å². The van der Waals surface area contributed by atoms with E-state index in [9.17, 15) is 8.42 Å². The zero-order chi connectivity index (χ0) is 18.3. The van der Waals surface area contributed by atoms with Gasteiger partial charge in [-0.1, -0.05) is 18.2 Å². The van der Waals surface area contributed by atoms with Crippen LogP contribution < -0.4 is 10.6 Å². The molecule has 136 valence electrons. The SMILES string of the molecule is CN=C(NCc1cnn(-c2ccccc2)c1)NC(C)CCS(C)(=O)=O. The van der Waals surface area contributed by atoms with E-state index in [0.717, 1.165) is 11.3 Å². The van der Waals surface area contributed by atoms with Gasteiger partial charge in [-0.2, -0.15) is 5.10 Å². The first-order valence-corrected chi connectivity index (χ1v) is 10.2. The molecule has 0 saturated heterocycles. The molecule has 0 spiro atoms. The Morgan fingerprint density at radius 1 is 1.32 bits per heavy atom. The summed E-state index contributed by atoms with van der Waals surface area (Å²) in [4.78, 5) is 4.17. The van der Waals surface area contributed by atoms with Gasteiger partial charge in [-0.05, 0) is 25.5 Å². The van der Waals surface area contributed by atoms with Crippen LogP contribution in [-0.4, -0.2) is 49.3 Å². The van der Waals surface area contributed by atoms with E-state index in [1.165, 1.54) is 6.26 Å². The predicted octanol–water partition coefficient (Wildman–Crippen LogP) is 1.36. The van der Waals surface area contributed by atoms with E-state index in [4.69, 9.17) is 0 Å². The fourth-order valence-corrected chi connectivity index (χ4v) is 3.03. The molecule has 0 aliphatic carbocycles. The minimum atomic E-state index is -2.95. The second-order valence-corrected chi connectivity index (χ2v) is 8.28. The number of hydrogen-bond acceptors (Lipinski definition) is 4. The Hall–Kier alpha value is -2.35. The molecule has 0 radical (unpaired) electrons. The van der Waals surface area contributed by atoms with Gasteiger partial charge >= 0.3 is 0 Å². The lowest BCUT2D eigenvalue weighted by Gasteiger charge is -2.17. The van der Waals surface area contributed by atoms with Crippen LogP contribution in [-0.2, 0) is 16.4 Å². The van der Waals surface area contributed by atoms with Gasteiger partial charge in [0.1, 0.15) is 9.84 Å². The first kappa shape index (κ1) is 19.0. The van der Waals surface area contributed by atoms with E-state index in [1.54, 1.807) is 13.2 Å². The van der Waals surface area contributed by atoms with E-state index in [2.05, 4.69) is 20.7 Å². The Labute approximate surface area is 149 Å². The summed E-state index contributed by atoms with van der Waals surface area (Å²) in [5, 5.41) is 10.8. The molecule has 1 atom stereocenters. The highest BCUT2D eigenvalue weighted by Crippen LogP contribution is 2.07. The second-order valence-electron chi connectivity index (χ2n) is 6.02. The van der Waals surface area contributed by atoms with E-state index in [1.807, 2.05) is 48.1 Å². The third-order valence-corrected chi connectivity index (χ3v) is 4.62. The summed E-state index contributed by atoms with van der Waals surface area (Å²) in [5.41, 5.74) is 2.03. The smallest absolute Gasteiger partial charge is 0.191 e. The molecule has 1 unspecified atom stereocenters. The molecule has 1 heterocycles. The molecule has 2 N–H and O–H groups in total. The molecule has 0 aliphatic rings. The van der Waals surface area contributed by atoms with Crippen LogP contribution >= 0.6 is 0 Å². The van der Waals surface area contributed by atoms with Crippen molar-refractivity contribution < 1.29 is 8.42 Å². The fourth-order valence-electron chi connectivity index (χ4n) is 2.25. The maximum Gasteiger partial charge on any atom is 0.191 e. The number of sulfone groups is 1.